The number of carboxylic acids is 1. The van der Waals surface area contributed by atoms with Crippen LogP contribution in [0.15, 0.2) is 12.1 Å². The summed E-state index contributed by atoms with van der Waals surface area (Å²) >= 11 is 0. The molecule has 0 aliphatic heterocycles. The van der Waals surface area contributed by atoms with E-state index in [1.165, 1.54) is 19.1 Å². The minimum Gasteiger partial charge on any atom is -0.508 e. The Balaban J connectivity index is 3.44. The number of nitrogens with two attached hydrogens (primary N) is 1. The molecule has 0 saturated carbocycles. The van der Waals surface area contributed by atoms with Gasteiger partial charge in [-0.1, -0.05) is 0 Å². The number of carboxylic acid groups (broad SMARTS) is 1. The maximum Gasteiger partial charge on any atom is 0.328 e. The molecule has 4 N–H and O–H groups in total. The highest BCUT2D eigenvalue weighted by Gasteiger charge is 2.33. The van der Waals surface area contributed by atoms with Gasteiger partial charge >= 0.3 is 5.97 Å². The quantitative estimate of drug-likeness (QED) is 0.684. The Bertz CT molecular complexity index is 387. The Morgan fingerprint density at radius 2 is 1.73 bits per heavy atom. The summed E-state index contributed by atoms with van der Waals surface area (Å²) in [6.07, 6.45) is 0. The van der Waals surface area contributed by atoms with Gasteiger partial charge in [-0.3, -0.25) is 0 Å². The molecular weight excluding hydrogens is 194 g/mol. The molecule has 15 heavy (non-hydrogen) atoms. The zero-order chi connectivity index (χ0) is 11.8. The molecule has 0 spiro atoms. The molecule has 0 radical (unpaired) electrons. The van der Waals surface area contributed by atoms with E-state index >= 15 is 0 Å². The van der Waals surface area contributed by atoms with Gasteiger partial charge in [0, 0.05) is 0 Å². The first-order valence-electron chi connectivity index (χ1n) is 4.59. The van der Waals surface area contributed by atoms with E-state index in [1.54, 1.807) is 13.8 Å². The highest BCUT2D eigenvalue weighted by Crippen LogP contribution is 2.28. The first-order valence-corrected chi connectivity index (χ1v) is 4.59. The molecule has 0 aromatic heterocycles. The van der Waals surface area contributed by atoms with E-state index in [0.717, 1.165) is 0 Å². The number of hydrogen-bond acceptors (Lipinski definition) is 3. The summed E-state index contributed by atoms with van der Waals surface area (Å²) in [5.41, 5.74) is 6.23. The van der Waals surface area contributed by atoms with Crippen LogP contribution < -0.4 is 5.73 Å². The number of aliphatic carboxylic acids is 1. The molecular formula is C11H15NO3. The molecule has 82 valence electrons. The van der Waals surface area contributed by atoms with E-state index in [4.69, 9.17) is 10.8 Å². The summed E-state index contributed by atoms with van der Waals surface area (Å²) in [5, 5.41) is 18.4. The molecule has 1 unspecified atom stereocenters. The van der Waals surface area contributed by atoms with Crippen molar-refractivity contribution in [3.8, 4) is 5.75 Å². The molecule has 0 aliphatic carbocycles. The molecule has 1 aromatic carbocycles. The lowest BCUT2D eigenvalue weighted by molar-refractivity contribution is -0.143. The van der Waals surface area contributed by atoms with Gasteiger partial charge in [-0.15, -0.1) is 0 Å². The Labute approximate surface area is 88.3 Å². The van der Waals surface area contributed by atoms with Gasteiger partial charge in [0.15, 0.2) is 0 Å². The van der Waals surface area contributed by atoms with Gasteiger partial charge in [-0.2, -0.15) is 0 Å². The van der Waals surface area contributed by atoms with Crippen LogP contribution in [-0.2, 0) is 10.3 Å². The van der Waals surface area contributed by atoms with Crippen molar-refractivity contribution in [1.29, 1.82) is 0 Å². The molecule has 1 atom stereocenters. The van der Waals surface area contributed by atoms with Crippen molar-refractivity contribution in [1.82, 2.24) is 0 Å². The standard InChI is InChI=1S/C11H15NO3/c1-6-4-8(13)5-7(2)9(6)11(3,12)10(14)15/h4-5,13H,12H2,1-3H3,(H,14,15). The maximum absolute atomic E-state index is 11.0. The SMILES string of the molecule is Cc1cc(O)cc(C)c1C(C)(N)C(=O)O. The van der Waals surface area contributed by atoms with E-state index in [0.29, 0.717) is 16.7 Å². The third-order valence-electron chi connectivity index (χ3n) is 2.48. The number of rotatable bonds is 2. The van der Waals surface area contributed by atoms with Crippen molar-refractivity contribution >= 4 is 5.97 Å². The number of benzene rings is 1. The van der Waals surface area contributed by atoms with Gasteiger partial charge in [0.25, 0.3) is 0 Å². The molecule has 1 aromatic rings. The molecule has 0 aliphatic rings. The van der Waals surface area contributed by atoms with Crippen LogP contribution in [0, 0.1) is 13.8 Å². The molecule has 0 amide bonds. The molecule has 0 fully saturated rings. The fraction of sp³-hybridized carbons (Fsp3) is 0.364. The van der Waals surface area contributed by atoms with Crippen LogP contribution in [0.5, 0.6) is 5.75 Å². The van der Waals surface area contributed by atoms with Crippen LogP contribution in [0.25, 0.3) is 0 Å². The normalized spacial score (nSPS) is 14.7. The van der Waals surface area contributed by atoms with Crippen molar-refractivity contribution < 1.29 is 15.0 Å². The van der Waals surface area contributed by atoms with Crippen molar-refractivity contribution in [2.75, 3.05) is 0 Å². The second kappa shape index (κ2) is 3.55. The van der Waals surface area contributed by atoms with Gasteiger partial charge < -0.3 is 15.9 Å². The van der Waals surface area contributed by atoms with E-state index in [-0.39, 0.29) is 5.75 Å². The van der Waals surface area contributed by atoms with Crippen LogP contribution in [-0.4, -0.2) is 16.2 Å². The lowest BCUT2D eigenvalue weighted by atomic mass is 9.86. The van der Waals surface area contributed by atoms with Crippen LogP contribution in [0.1, 0.15) is 23.6 Å². The topological polar surface area (TPSA) is 83.5 Å². The maximum atomic E-state index is 11.0. The average molecular weight is 209 g/mol. The molecule has 0 heterocycles. The molecule has 4 nitrogen and oxygen atoms in total. The summed E-state index contributed by atoms with van der Waals surface area (Å²) in [6, 6.07) is 3.02. The summed E-state index contributed by atoms with van der Waals surface area (Å²) in [5.74, 6) is -0.964. The number of phenolic OH excluding ortho intramolecular Hbond substituents is 1. The van der Waals surface area contributed by atoms with Crippen LogP contribution in [0.3, 0.4) is 0 Å². The predicted octanol–water partition coefficient (Wildman–Crippen LogP) is 1.27. The number of aromatic hydroxyl groups is 1. The lowest BCUT2D eigenvalue weighted by Crippen LogP contribution is -2.42. The van der Waals surface area contributed by atoms with Gasteiger partial charge in [0.05, 0.1) is 0 Å². The van der Waals surface area contributed by atoms with Gasteiger partial charge in [-0.25, -0.2) is 4.79 Å². The molecule has 1 rings (SSSR count). The molecule has 0 bridgehead atoms. The minimum absolute atomic E-state index is 0.120. The van der Waals surface area contributed by atoms with Gasteiger partial charge in [0.1, 0.15) is 11.3 Å². The van der Waals surface area contributed by atoms with E-state index in [1.807, 2.05) is 0 Å². The Hall–Kier alpha value is -1.55. The molecule has 0 saturated heterocycles. The predicted molar refractivity (Wildman–Crippen MR) is 56.8 cm³/mol. The first-order chi connectivity index (χ1) is 6.76. The number of carbonyl (C=O) groups is 1. The van der Waals surface area contributed by atoms with E-state index in [2.05, 4.69) is 0 Å². The number of phenols is 1. The van der Waals surface area contributed by atoms with Crippen LogP contribution >= 0.6 is 0 Å². The Morgan fingerprint density at radius 1 is 1.33 bits per heavy atom. The minimum atomic E-state index is -1.43. The van der Waals surface area contributed by atoms with Crippen molar-refractivity contribution in [2.45, 2.75) is 26.3 Å². The summed E-state index contributed by atoms with van der Waals surface area (Å²) in [6.45, 7) is 4.91. The monoisotopic (exact) mass is 209 g/mol. The summed E-state index contributed by atoms with van der Waals surface area (Å²) in [7, 11) is 0. The number of aryl methyl sites for hydroxylation is 2. The summed E-state index contributed by atoms with van der Waals surface area (Å²) < 4.78 is 0. The third kappa shape index (κ3) is 1.94. The van der Waals surface area contributed by atoms with Gasteiger partial charge in [0.2, 0.25) is 0 Å². The summed E-state index contributed by atoms with van der Waals surface area (Å²) in [4.78, 5) is 11.0. The molecule has 4 heteroatoms. The highest BCUT2D eigenvalue weighted by atomic mass is 16.4. The zero-order valence-electron chi connectivity index (χ0n) is 9.03. The van der Waals surface area contributed by atoms with Crippen LogP contribution in [0.2, 0.25) is 0 Å². The second-order valence-electron chi connectivity index (χ2n) is 3.96. The van der Waals surface area contributed by atoms with Crippen molar-refractivity contribution in [3.05, 3.63) is 28.8 Å². The lowest BCUT2D eigenvalue weighted by Gasteiger charge is -2.24. The van der Waals surface area contributed by atoms with Gasteiger partial charge in [-0.05, 0) is 49.6 Å². The Kier molecular flexibility index (Phi) is 2.73. The first kappa shape index (κ1) is 11.5. The average Bonchev–Trinajstić information content (AvgIpc) is 2.00. The van der Waals surface area contributed by atoms with Crippen molar-refractivity contribution in [3.63, 3.8) is 0 Å². The number of hydrogen-bond donors (Lipinski definition) is 3. The van der Waals surface area contributed by atoms with Crippen molar-refractivity contribution in [2.24, 2.45) is 5.73 Å². The highest BCUT2D eigenvalue weighted by molar-refractivity contribution is 5.81. The van der Waals surface area contributed by atoms with Crippen LogP contribution in [0.4, 0.5) is 0 Å². The van der Waals surface area contributed by atoms with E-state index in [9.17, 15) is 9.90 Å². The smallest absolute Gasteiger partial charge is 0.328 e. The fourth-order valence-electron chi connectivity index (χ4n) is 1.87. The third-order valence-corrected chi connectivity index (χ3v) is 2.48. The van der Waals surface area contributed by atoms with E-state index < -0.39 is 11.5 Å². The Morgan fingerprint density at radius 3 is 2.07 bits per heavy atom. The largest absolute Gasteiger partial charge is 0.508 e. The fourth-order valence-corrected chi connectivity index (χ4v) is 1.87. The zero-order valence-corrected chi connectivity index (χ0v) is 9.03. The second-order valence-corrected chi connectivity index (χ2v) is 3.96.